The molecule has 1 heterocycles. The zero-order valence-corrected chi connectivity index (χ0v) is 19.9. The van der Waals surface area contributed by atoms with E-state index in [2.05, 4.69) is 32.7 Å². The molecule has 12 heteroatoms. The Balaban J connectivity index is 2.28. The van der Waals surface area contributed by atoms with E-state index in [9.17, 15) is 9.59 Å². The molecule has 2 unspecified atom stereocenters. The molecule has 2 atom stereocenters. The minimum absolute atomic E-state index is 0.0643. The maximum Gasteiger partial charge on any atom is 0.407 e. The molecular weight excluding hydrogens is 454 g/mol. The lowest BCUT2D eigenvalue weighted by atomic mass is 10.2. The molecule has 0 aliphatic rings. The first-order chi connectivity index (χ1) is 16.9. The molecule has 0 saturated heterocycles. The number of nitrogens with one attached hydrogen (secondary N) is 3. The summed E-state index contributed by atoms with van der Waals surface area (Å²) in [4.78, 5) is 24.5. The number of benzene rings is 1. The molecule has 0 radical (unpaired) electrons. The number of hydrogen-bond acceptors (Lipinski definition) is 9. The fourth-order valence-electron chi connectivity index (χ4n) is 3.07. The molecule has 12 nitrogen and oxygen atoms in total. The smallest absolute Gasteiger partial charge is 0.407 e. The fourth-order valence-corrected chi connectivity index (χ4v) is 3.07. The summed E-state index contributed by atoms with van der Waals surface area (Å²) in [6.07, 6.45) is 1.54. The van der Waals surface area contributed by atoms with Crippen LogP contribution in [-0.4, -0.2) is 71.5 Å². The Bertz CT molecular complexity index is 993. The van der Waals surface area contributed by atoms with Crippen LogP contribution in [0.4, 0.5) is 4.79 Å². The average molecular weight is 488 g/mol. The van der Waals surface area contributed by atoms with Crippen LogP contribution >= 0.6 is 0 Å². The van der Waals surface area contributed by atoms with Crippen molar-refractivity contribution in [2.45, 2.75) is 25.7 Å². The Morgan fingerprint density at radius 3 is 2.69 bits per heavy atom. The van der Waals surface area contributed by atoms with E-state index >= 15 is 0 Å². The van der Waals surface area contributed by atoms with E-state index in [0.717, 1.165) is 5.56 Å². The van der Waals surface area contributed by atoms with Crippen LogP contribution in [0.15, 0.2) is 49.1 Å². The highest BCUT2D eigenvalue weighted by Gasteiger charge is 2.26. The Kier molecular flexibility index (Phi) is 11.6. The second-order valence-corrected chi connectivity index (χ2v) is 7.39. The van der Waals surface area contributed by atoms with Gasteiger partial charge in [0.15, 0.2) is 5.82 Å². The summed E-state index contributed by atoms with van der Waals surface area (Å²) in [6.45, 7) is 5.55. The number of hydrogen-bond donors (Lipinski definition) is 5. The molecule has 35 heavy (non-hydrogen) atoms. The van der Waals surface area contributed by atoms with Crippen LogP contribution in [0.3, 0.4) is 0 Å². The largest absolute Gasteiger partial charge is 0.443 e. The molecular formula is C23H33N7O5. The summed E-state index contributed by atoms with van der Waals surface area (Å²) in [5.41, 5.74) is 7.29. The summed E-state index contributed by atoms with van der Waals surface area (Å²) in [6, 6.07) is 8.88. The van der Waals surface area contributed by atoms with Gasteiger partial charge in [-0.2, -0.15) is 0 Å². The van der Waals surface area contributed by atoms with Crippen LogP contribution in [0, 0.1) is 6.92 Å². The second kappa shape index (κ2) is 14.6. The molecule has 2 rings (SSSR count). The highest BCUT2D eigenvalue weighted by atomic mass is 16.5. The Labute approximate surface area is 204 Å². The molecule has 0 aliphatic heterocycles. The van der Waals surface area contributed by atoms with Gasteiger partial charge in [-0.3, -0.25) is 14.7 Å². The molecule has 0 saturated carbocycles. The summed E-state index contributed by atoms with van der Waals surface area (Å²) in [5.74, 6) is 0.397. The van der Waals surface area contributed by atoms with Crippen LogP contribution in [-0.2, 0) is 20.9 Å². The lowest BCUT2D eigenvalue weighted by molar-refractivity contribution is -0.124. The van der Waals surface area contributed by atoms with Crippen molar-refractivity contribution < 1.29 is 24.2 Å². The predicted molar refractivity (Wildman–Crippen MR) is 130 cm³/mol. The van der Waals surface area contributed by atoms with E-state index in [-0.39, 0.29) is 26.4 Å². The fraction of sp³-hybridized carbons (Fsp3) is 0.391. The van der Waals surface area contributed by atoms with E-state index in [1.807, 2.05) is 30.3 Å². The molecule has 2 amide bonds. The van der Waals surface area contributed by atoms with Crippen molar-refractivity contribution >= 4 is 17.7 Å². The SMILES string of the molecule is C=C/C=C(/COC(=O)NCCO)n1c(C)nnc1C(COCc1ccccc1)NC(=O)C(N)NC. The lowest BCUT2D eigenvalue weighted by Gasteiger charge is -2.22. The first-order valence-corrected chi connectivity index (χ1v) is 11.0. The number of nitrogens with zero attached hydrogens (tertiary/aromatic N) is 3. The number of carbonyl (C=O) groups is 2. The topological polar surface area (TPSA) is 166 Å². The third-order valence-corrected chi connectivity index (χ3v) is 4.80. The number of carbonyl (C=O) groups excluding carboxylic acids is 2. The minimum atomic E-state index is -0.939. The van der Waals surface area contributed by atoms with Gasteiger partial charge in [0, 0.05) is 6.54 Å². The van der Waals surface area contributed by atoms with Gasteiger partial charge >= 0.3 is 6.09 Å². The summed E-state index contributed by atoms with van der Waals surface area (Å²) >= 11 is 0. The number of alkyl carbamates (subject to hydrolysis) is 1. The van der Waals surface area contributed by atoms with Gasteiger partial charge in [-0.1, -0.05) is 43.0 Å². The first-order valence-electron chi connectivity index (χ1n) is 11.0. The van der Waals surface area contributed by atoms with Crippen molar-refractivity contribution in [1.82, 2.24) is 30.7 Å². The summed E-state index contributed by atoms with van der Waals surface area (Å²) in [5, 5.41) is 25.2. The van der Waals surface area contributed by atoms with Crippen LogP contribution in [0.2, 0.25) is 0 Å². The van der Waals surface area contributed by atoms with Gasteiger partial charge in [0.1, 0.15) is 24.6 Å². The quantitative estimate of drug-likeness (QED) is 0.185. The molecule has 0 bridgehead atoms. The molecule has 6 N–H and O–H groups in total. The molecule has 190 valence electrons. The van der Waals surface area contributed by atoms with Crippen molar-refractivity contribution in [2.75, 3.05) is 33.4 Å². The van der Waals surface area contributed by atoms with E-state index in [4.69, 9.17) is 20.3 Å². The van der Waals surface area contributed by atoms with Gasteiger partial charge in [0.05, 0.1) is 25.5 Å². The molecule has 0 aliphatic carbocycles. The minimum Gasteiger partial charge on any atom is -0.443 e. The van der Waals surface area contributed by atoms with Gasteiger partial charge in [-0.25, -0.2) is 4.79 Å². The van der Waals surface area contributed by atoms with Crippen LogP contribution in [0.1, 0.15) is 23.3 Å². The summed E-state index contributed by atoms with van der Waals surface area (Å²) in [7, 11) is 1.57. The van der Waals surface area contributed by atoms with Gasteiger partial charge in [-0.15, -0.1) is 10.2 Å². The molecule has 0 spiro atoms. The van der Waals surface area contributed by atoms with Crippen LogP contribution < -0.4 is 21.7 Å². The first kappa shape index (κ1) is 27.7. The van der Waals surface area contributed by atoms with Crippen molar-refractivity contribution in [1.29, 1.82) is 0 Å². The van der Waals surface area contributed by atoms with Crippen molar-refractivity contribution in [2.24, 2.45) is 5.73 Å². The van der Waals surface area contributed by atoms with Crippen molar-refractivity contribution in [3.8, 4) is 0 Å². The normalized spacial score (nSPS) is 13.1. The Hall–Kier alpha value is -3.58. The van der Waals surface area contributed by atoms with Crippen LogP contribution in [0.25, 0.3) is 5.70 Å². The zero-order valence-electron chi connectivity index (χ0n) is 19.9. The second-order valence-electron chi connectivity index (χ2n) is 7.39. The average Bonchev–Trinajstić information content (AvgIpc) is 3.25. The Morgan fingerprint density at radius 2 is 2.03 bits per heavy atom. The number of aromatic nitrogens is 3. The van der Waals surface area contributed by atoms with E-state index in [1.54, 1.807) is 24.6 Å². The number of aliphatic hydroxyl groups is 1. The summed E-state index contributed by atoms with van der Waals surface area (Å²) < 4.78 is 12.8. The maximum atomic E-state index is 12.6. The van der Waals surface area contributed by atoms with Gasteiger partial charge < -0.3 is 30.9 Å². The molecule has 2 aromatic rings. The highest BCUT2D eigenvalue weighted by Crippen LogP contribution is 2.20. The number of nitrogens with two attached hydrogens (primary N) is 1. The van der Waals surface area contributed by atoms with E-state index < -0.39 is 24.2 Å². The number of amides is 2. The number of rotatable bonds is 14. The van der Waals surface area contributed by atoms with E-state index in [0.29, 0.717) is 24.0 Å². The maximum absolute atomic E-state index is 12.6. The van der Waals surface area contributed by atoms with Crippen molar-refractivity contribution in [3.05, 3.63) is 66.3 Å². The third kappa shape index (κ3) is 8.61. The standard InChI is InChI=1S/C23H33N7O5/c1-4-8-18(14-35-23(33)26-11-12-31)30-16(2)28-29-21(30)19(27-22(32)20(24)25-3)15-34-13-17-9-6-5-7-10-17/h4-10,19-20,25,31H,1,11-15,24H2,2-3H3,(H,26,33)(H,27,32)/b18-8-. The van der Waals surface area contributed by atoms with Gasteiger partial charge in [0.25, 0.3) is 5.91 Å². The number of likely N-dealkylation sites (N-methyl/N-ethyl adjacent to an activating group) is 1. The van der Waals surface area contributed by atoms with Crippen molar-refractivity contribution in [3.63, 3.8) is 0 Å². The number of aryl methyl sites for hydroxylation is 1. The predicted octanol–water partition coefficient (Wildman–Crippen LogP) is 0.210. The monoisotopic (exact) mass is 487 g/mol. The number of aliphatic hydroxyl groups excluding tert-OH is 1. The molecule has 1 aromatic heterocycles. The van der Waals surface area contributed by atoms with Crippen LogP contribution in [0.5, 0.6) is 0 Å². The zero-order chi connectivity index (χ0) is 25.6. The molecule has 1 aromatic carbocycles. The third-order valence-electron chi connectivity index (χ3n) is 4.80. The molecule has 0 fully saturated rings. The lowest BCUT2D eigenvalue weighted by Crippen LogP contribution is -2.50. The van der Waals surface area contributed by atoms with Gasteiger partial charge in [0.2, 0.25) is 0 Å². The highest BCUT2D eigenvalue weighted by molar-refractivity contribution is 5.81. The van der Waals surface area contributed by atoms with Gasteiger partial charge in [-0.05, 0) is 25.6 Å². The number of allylic oxidation sites excluding steroid dienone is 2. The van der Waals surface area contributed by atoms with E-state index in [1.165, 1.54) is 6.08 Å². The number of ether oxygens (including phenoxy) is 2. The Morgan fingerprint density at radius 1 is 1.29 bits per heavy atom.